The summed E-state index contributed by atoms with van der Waals surface area (Å²) >= 11 is 0. The normalized spacial score (nSPS) is 12.5. The number of nitrogens with one attached hydrogen (secondary N) is 1. The van der Waals surface area contributed by atoms with Gasteiger partial charge < -0.3 is 19.7 Å². The van der Waals surface area contributed by atoms with Crippen LogP contribution in [-0.2, 0) is 19.3 Å². The van der Waals surface area contributed by atoms with Crippen LogP contribution in [0, 0.1) is 0 Å². The third-order valence-electron chi connectivity index (χ3n) is 6.19. The molecule has 0 bridgehead atoms. The number of fused-ring (bicyclic) bond motifs is 2. The van der Waals surface area contributed by atoms with E-state index in [1.807, 2.05) is 30.3 Å². The zero-order valence-corrected chi connectivity index (χ0v) is 18.7. The van der Waals surface area contributed by atoms with Gasteiger partial charge in [0.15, 0.2) is 5.65 Å². The Kier molecular flexibility index (Phi) is 5.71. The monoisotopic (exact) mass is 456 g/mol. The number of carbonyl (C=O) groups is 1. The van der Waals surface area contributed by atoms with E-state index >= 15 is 0 Å². The van der Waals surface area contributed by atoms with Crippen LogP contribution < -0.4 is 15.5 Å². The molecule has 2 aromatic heterocycles. The lowest BCUT2D eigenvalue weighted by molar-refractivity contribution is 0.0695. The van der Waals surface area contributed by atoms with Crippen molar-refractivity contribution in [2.45, 2.75) is 25.7 Å². The molecule has 1 aliphatic rings. The number of carboxylic acids is 1. The van der Waals surface area contributed by atoms with E-state index in [1.165, 1.54) is 23.5 Å². The molecule has 1 aliphatic carbocycles. The largest absolute Gasteiger partial charge is 0.497 e. The van der Waals surface area contributed by atoms with Crippen LogP contribution >= 0.6 is 0 Å². The highest BCUT2D eigenvalue weighted by atomic mass is 16.5. The molecule has 8 heteroatoms. The van der Waals surface area contributed by atoms with Crippen LogP contribution in [0.15, 0.2) is 59.7 Å². The molecule has 172 valence electrons. The average molecular weight is 457 g/mol. The van der Waals surface area contributed by atoms with Gasteiger partial charge in [-0.1, -0.05) is 18.2 Å². The fourth-order valence-corrected chi connectivity index (χ4v) is 4.36. The van der Waals surface area contributed by atoms with Gasteiger partial charge in [0.1, 0.15) is 11.3 Å². The van der Waals surface area contributed by atoms with Gasteiger partial charge in [-0.05, 0) is 66.6 Å². The van der Waals surface area contributed by atoms with Gasteiger partial charge in [0.2, 0.25) is 11.4 Å². The van der Waals surface area contributed by atoms with Gasteiger partial charge >= 0.3 is 5.97 Å². The van der Waals surface area contributed by atoms with Crippen LogP contribution in [0.1, 0.15) is 33.5 Å². The number of benzene rings is 2. The molecule has 8 nitrogen and oxygen atoms in total. The maximum atomic E-state index is 12.8. The molecule has 0 aliphatic heterocycles. The highest BCUT2D eigenvalue weighted by Gasteiger charge is 2.19. The molecule has 2 heterocycles. The van der Waals surface area contributed by atoms with E-state index in [1.54, 1.807) is 11.7 Å². The summed E-state index contributed by atoms with van der Waals surface area (Å²) in [4.78, 5) is 33.4. The second kappa shape index (κ2) is 8.97. The minimum Gasteiger partial charge on any atom is -0.497 e. The predicted octanol–water partition coefficient (Wildman–Crippen LogP) is 3.63. The van der Waals surface area contributed by atoms with Crippen LogP contribution in [0.2, 0.25) is 0 Å². The van der Waals surface area contributed by atoms with E-state index in [0.29, 0.717) is 18.1 Å². The molecule has 0 amide bonds. The number of methoxy groups -OCH3 is 1. The maximum Gasteiger partial charge on any atom is 0.341 e. The quantitative estimate of drug-likeness (QED) is 0.437. The van der Waals surface area contributed by atoms with E-state index in [2.05, 4.69) is 27.4 Å². The van der Waals surface area contributed by atoms with Gasteiger partial charge in [0, 0.05) is 24.6 Å². The highest BCUT2D eigenvalue weighted by molar-refractivity contribution is 5.92. The number of ether oxygens (including phenoxy) is 1. The highest BCUT2D eigenvalue weighted by Crippen LogP contribution is 2.26. The summed E-state index contributed by atoms with van der Waals surface area (Å²) in [5.41, 5.74) is 3.93. The van der Waals surface area contributed by atoms with Crippen LogP contribution in [0.3, 0.4) is 0 Å². The van der Waals surface area contributed by atoms with Crippen LogP contribution in [0.25, 0.3) is 16.7 Å². The minimum atomic E-state index is -1.27. The third-order valence-corrected chi connectivity index (χ3v) is 6.19. The van der Waals surface area contributed by atoms with Crippen LogP contribution in [-0.4, -0.2) is 39.3 Å². The molecule has 0 saturated carbocycles. The zero-order chi connectivity index (χ0) is 23.7. The fraction of sp³-hybridized carbons (Fsp3) is 0.231. The van der Waals surface area contributed by atoms with E-state index in [4.69, 9.17) is 4.74 Å². The summed E-state index contributed by atoms with van der Waals surface area (Å²) in [5.74, 6) is -0.0956. The smallest absolute Gasteiger partial charge is 0.341 e. The van der Waals surface area contributed by atoms with E-state index in [0.717, 1.165) is 42.7 Å². The first-order valence-corrected chi connectivity index (χ1v) is 11.2. The molecule has 0 fully saturated rings. The number of aromatic nitrogens is 3. The Hall–Kier alpha value is -4.20. The lowest BCUT2D eigenvalue weighted by atomic mass is 10.1. The Morgan fingerprint density at radius 1 is 1.15 bits per heavy atom. The van der Waals surface area contributed by atoms with Gasteiger partial charge in [-0.3, -0.25) is 4.79 Å². The maximum absolute atomic E-state index is 12.8. The summed E-state index contributed by atoms with van der Waals surface area (Å²) < 4.78 is 6.86. The van der Waals surface area contributed by atoms with Crippen molar-refractivity contribution in [3.05, 3.63) is 87.3 Å². The molecule has 0 spiro atoms. The van der Waals surface area contributed by atoms with Gasteiger partial charge in [-0.25, -0.2) is 9.78 Å². The van der Waals surface area contributed by atoms with E-state index in [9.17, 15) is 14.7 Å². The Morgan fingerprint density at radius 2 is 1.94 bits per heavy atom. The van der Waals surface area contributed by atoms with Gasteiger partial charge in [-0.2, -0.15) is 4.98 Å². The first kappa shape index (κ1) is 21.6. The molecule has 34 heavy (non-hydrogen) atoms. The summed E-state index contributed by atoms with van der Waals surface area (Å²) in [5, 5.41) is 13.0. The fourth-order valence-electron chi connectivity index (χ4n) is 4.36. The second-order valence-corrected chi connectivity index (χ2v) is 8.31. The average Bonchev–Trinajstić information content (AvgIpc) is 3.32. The van der Waals surface area contributed by atoms with Crippen molar-refractivity contribution in [1.29, 1.82) is 0 Å². The van der Waals surface area contributed by atoms with E-state index in [-0.39, 0.29) is 10.9 Å². The van der Waals surface area contributed by atoms with Crippen LogP contribution in [0.4, 0.5) is 5.95 Å². The lowest BCUT2D eigenvalue weighted by Gasteiger charge is -2.14. The number of aryl methyl sites for hydroxylation is 2. The van der Waals surface area contributed by atoms with Crippen molar-refractivity contribution in [1.82, 2.24) is 14.5 Å². The SMILES string of the molecule is COc1ccc(CCNc2ncc3c(=O)c(C(=O)O)cn(-c4ccc5c(c4)CCC5)c3n2)cc1. The molecule has 5 rings (SSSR count). The number of carboxylic acid groups (broad SMARTS) is 1. The number of nitrogens with zero attached hydrogens (tertiary/aromatic N) is 3. The van der Waals surface area contributed by atoms with Crippen molar-refractivity contribution >= 4 is 23.0 Å². The molecule has 0 atom stereocenters. The third kappa shape index (κ3) is 4.10. The Bertz CT molecular complexity index is 1440. The van der Waals surface area contributed by atoms with Gasteiger partial charge in [0.05, 0.1) is 12.5 Å². The summed E-state index contributed by atoms with van der Waals surface area (Å²) in [6, 6.07) is 13.9. The van der Waals surface area contributed by atoms with Crippen molar-refractivity contribution in [2.24, 2.45) is 0 Å². The molecule has 0 radical (unpaired) electrons. The van der Waals surface area contributed by atoms with E-state index < -0.39 is 11.4 Å². The van der Waals surface area contributed by atoms with Gasteiger partial charge in [-0.15, -0.1) is 0 Å². The van der Waals surface area contributed by atoms with Crippen molar-refractivity contribution < 1.29 is 14.6 Å². The first-order valence-electron chi connectivity index (χ1n) is 11.2. The number of rotatable bonds is 7. The lowest BCUT2D eigenvalue weighted by Crippen LogP contribution is -2.20. The Labute approximate surface area is 195 Å². The molecule has 4 aromatic rings. The Balaban J connectivity index is 1.49. The Morgan fingerprint density at radius 3 is 2.71 bits per heavy atom. The van der Waals surface area contributed by atoms with Crippen molar-refractivity contribution in [3.63, 3.8) is 0 Å². The summed E-state index contributed by atoms with van der Waals surface area (Å²) in [6.45, 7) is 0.591. The van der Waals surface area contributed by atoms with Crippen molar-refractivity contribution in [3.8, 4) is 11.4 Å². The number of hydrogen-bond donors (Lipinski definition) is 2. The number of aromatic carboxylic acids is 1. The molecule has 0 saturated heterocycles. The number of pyridine rings is 1. The second-order valence-electron chi connectivity index (χ2n) is 8.31. The van der Waals surface area contributed by atoms with Crippen LogP contribution in [0.5, 0.6) is 5.75 Å². The molecule has 2 N–H and O–H groups in total. The van der Waals surface area contributed by atoms with Gasteiger partial charge in [0.25, 0.3) is 0 Å². The van der Waals surface area contributed by atoms with Crippen molar-refractivity contribution in [2.75, 3.05) is 19.0 Å². The number of hydrogen-bond acceptors (Lipinski definition) is 6. The predicted molar refractivity (Wildman–Crippen MR) is 129 cm³/mol. The number of anilines is 1. The molecule has 0 unspecified atom stereocenters. The summed E-state index contributed by atoms with van der Waals surface area (Å²) in [6.07, 6.45) is 6.65. The molecule has 2 aromatic carbocycles. The first-order chi connectivity index (χ1) is 16.5. The zero-order valence-electron chi connectivity index (χ0n) is 18.7. The molecular formula is C26H24N4O4. The molecular weight excluding hydrogens is 432 g/mol. The minimum absolute atomic E-state index is 0.168. The standard InChI is InChI=1S/C26H24N4O4/c1-34-20-9-5-16(6-10-20)11-12-27-26-28-14-21-23(31)22(25(32)33)15-30(24(21)29-26)19-8-7-17-3-2-4-18(17)13-19/h5-10,13-15H,2-4,11-12H2,1H3,(H,32,33)(H,27,28,29). The topological polar surface area (TPSA) is 106 Å². The summed E-state index contributed by atoms with van der Waals surface area (Å²) in [7, 11) is 1.63.